The Morgan fingerprint density at radius 3 is 1.97 bits per heavy atom. The standard InChI is InChI=1S/C16H19N3O3.C11H11N3O/c1-16(2,3)22-15(21)19-13-7-5-10-9-11(17-4)6-8-12(10)18-14(13)20;1-13-8-3-5-10-7(6-8)2-4-9(12)11(15)14-10/h6,8-9,13H,5,7H2,1-3H3,(H,18,20)(H,19,21);3,5-6,9H,2,4,12H2,(H,14,15)/t13-;9-/m00/s1. The number of rotatable bonds is 1. The molecule has 2 aliphatic rings. The SMILES string of the molecule is [C-]#[N+]c1ccc2c(c1)CC[C@H](N)C(=O)N2.[C-]#[N+]c1ccc2c(c1)CC[C@H](NC(=O)OC(C)(C)C)C(=O)N2. The van der Waals surface area contributed by atoms with Gasteiger partial charge in [0.1, 0.15) is 11.6 Å². The normalized spacial score (nSPS) is 18.4. The summed E-state index contributed by atoms with van der Waals surface area (Å²) in [5.74, 6) is -0.426. The number of nitrogens with zero attached hydrogens (tertiary/aromatic N) is 2. The van der Waals surface area contributed by atoms with Gasteiger partial charge in [0.25, 0.3) is 0 Å². The number of fused-ring (bicyclic) bond motifs is 2. The molecule has 0 saturated carbocycles. The van der Waals surface area contributed by atoms with Crippen LogP contribution in [0.15, 0.2) is 36.4 Å². The van der Waals surface area contributed by atoms with Gasteiger partial charge in [-0.05, 0) is 69.7 Å². The lowest BCUT2D eigenvalue weighted by atomic mass is 10.1. The monoisotopic (exact) mass is 502 g/mol. The van der Waals surface area contributed by atoms with Crippen LogP contribution < -0.4 is 21.7 Å². The Morgan fingerprint density at radius 1 is 0.946 bits per heavy atom. The molecule has 2 aromatic rings. The van der Waals surface area contributed by atoms with Crippen molar-refractivity contribution in [1.29, 1.82) is 0 Å². The molecule has 0 unspecified atom stereocenters. The Bertz CT molecular complexity index is 1290. The molecule has 10 heteroatoms. The van der Waals surface area contributed by atoms with Crippen molar-refractivity contribution in [3.63, 3.8) is 0 Å². The quantitative estimate of drug-likeness (QED) is 0.428. The zero-order chi connectivity index (χ0) is 27.2. The maximum Gasteiger partial charge on any atom is 0.408 e. The maximum atomic E-state index is 12.2. The van der Waals surface area contributed by atoms with E-state index in [1.165, 1.54) is 0 Å². The molecule has 0 aromatic heterocycles. The van der Waals surface area contributed by atoms with E-state index in [1.807, 2.05) is 0 Å². The van der Waals surface area contributed by atoms with Gasteiger partial charge in [-0.25, -0.2) is 14.5 Å². The van der Waals surface area contributed by atoms with Crippen molar-refractivity contribution < 1.29 is 19.1 Å². The van der Waals surface area contributed by atoms with E-state index in [4.69, 9.17) is 23.6 Å². The van der Waals surface area contributed by atoms with Crippen molar-refractivity contribution in [2.75, 3.05) is 10.6 Å². The van der Waals surface area contributed by atoms with Crippen LogP contribution in [0.25, 0.3) is 9.69 Å². The van der Waals surface area contributed by atoms with Gasteiger partial charge >= 0.3 is 6.09 Å². The highest BCUT2D eigenvalue weighted by Crippen LogP contribution is 2.27. The molecule has 0 radical (unpaired) electrons. The molecule has 4 rings (SSSR count). The molecule has 5 N–H and O–H groups in total. The molecule has 0 bridgehead atoms. The Balaban J connectivity index is 0.000000220. The molecule has 0 spiro atoms. The van der Waals surface area contributed by atoms with Crippen molar-refractivity contribution in [3.05, 3.63) is 70.4 Å². The van der Waals surface area contributed by atoms with Crippen molar-refractivity contribution in [2.45, 2.75) is 64.1 Å². The molecule has 0 saturated heterocycles. The van der Waals surface area contributed by atoms with Gasteiger partial charge in [0.15, 0.2) is 11.4 Å². The topological polar surface area (TPSA) is 131 Å². The number of alkyl carbamates (subject to hydrolysis) is 1. The lowest BCUT2D eigenvalue weighted by Crippen LogP contribution is -2.45. The number of benzene rings is 2. The van der Waals surface area contributed by atoms with Crippen LogP contribution in [0.5, 0.6) is 0 Å². The van der Waals surface area contributed by atoms with Crippen molar-refractivity contribution in [2.24, 2.45) is 5.73 Å². The number of amides is 3. The van der Waals surface area contributed by atoms with Gasteiger partial charge in [-0.15, -0.1) is 0 Å². The number of carbonyl (C=O) groups is 3. The summed E-state index contributed by atoms with van der Waals surface area (Å²) in [6.07, 6.45) is 1.80. The third-order valence-corrected chi connectivity index (χ3v) is 5.72. The van der Waals surface area contributed by atoms with Gasteiger partial charge in [-0.3, -0.25) is 9.59 Å². The second-order valence-electron chi connectivity index (χ2n) is 9.77. The number of aryl methyl sites for hydroxylation is 2. The predicted molar refractivity (Wildman–Crippen MR) is 140 cm³/mol. The number of hydrogen-bond donors (Lipinski definition) is 4. The van der Waals surface area contributed by atoms with E-state index in [-0.39, 0.29) is 11.8 Å². The van der Waals surface area contributed by atoms with Crippen LogP contribution in [-0.2, 0) is 27.2 Å². The number of ether oxygens (including phenoxy) is 1. The van der Waals surface area contributed by atoms with Crippen LogP contribution in [-0.4, -0.2) is 35.6 Å². The van der Waals surface area contributed by atoms with Crippen LogP contribution >= 0.6 is 0 Å². The summed E-state index contributed by atoms with van der Waals surface area (Å²) in [7, 11) is 0. The highest BCUT2D eigenvalue weighted by Gasteiger charge is 2.27. The van der Waals surface area contributed by atoms with Crippen LogP contribution in [0.2, 0.25) is 0 Å². The van der Waals surface area contributed by atoms with Gasteiger partial charge in [0, 0.05) is 11.4 Å². The van der Waals surface area contributed by atoms with E-state index >= 15 is 0 Å². The Labute approximate surface area is 216 Å². The van der Waals surface area contributed by atoms with E-state index in [0.717, 1.165) is 23.2 Å². The fraction of sp³-hybridized carbons (Fsp3) is 0.370. The zero-order valence-corrected chi connectivity index (χ0v) is 21.1. The van der Waals surface area contributed by atoms with Gasteiger partial charge in [0.05, 0.1) is 19.2 Å². The number of nitrogens with two attached hydrogens (primary N) is 1. The van der Waals surface area contributed by atoms with Crippen molar-refractivity contribution >= 4 is 40.7 Å². The second kappa shape index (κ2) is 11.5. The first-order valence-corrected chi connectivity index (χ1v) is 11.9. The zero-order valence-electron chi connectivity index (χ0n) is 21.1. The predicted octanol–water partition coefficient (Wildman–Crippen LogP) is 4.46. The smallest absolute Gasteiger partial charge is 0.408 e. The van der Waals surface area contributed by atoms with E-state index in [9.17, 15) is 14.4 Å². The average Bonchev–Trinajstić information content (AvgIpc) is 3.08. The van der Waals surface area contributed by atoms with E-state index < -0.39 is 23.8 Å². The van der Waals surface area contributed by atoms with E-state index in [0.29, 0.717) is 36.3 Å². The number of anilines is 2. The van der Waals surface area contributed by atoms with Crippen LogP contribution in [0.3, 0.4) is 0 Å². The Hall–Kier alpha value is -4.41. The summed E-state index contributed by atoms with van der Waals surface area (Å²) in [5.41, 5.74) is 9.53. The molecule has 37 heavy (non-hydrogen) atoms. The lowest BCUT2D eigenvalue weighted by Gasteiger charge is -2.22. The third-order valence-electron chi connectivity index (χ3n) is 5.72. The molecule has 2 atom stereocenters. The molecule has 0 aliphatic carbocycles. The molecular weight excluding hydrogens is 472 g/mol. The van der Waals surface area contributed by atoms with Crippen molar-refractivity contribution in [3.8, 4) is 0 Å². The molecule has 3 amide bonds. The summed E-state index contributed by atoms with van der Waals surface area (Å²) in [4.78, 5) is 42.2. The molecule has 10 nitrogen and oxygen atoms in total. The van der Waals surface area contributed by atoms with E-state index in [2.05, 4.69) is 25.6 Å². The number of nitrogens with one attached hydrogen (secondary N) is 3. The summed E-state index contributed by atoms with van der Waals surface area (Å²) < 4.78 is 5.17. The molecule has 2 aliphatic heterocycles. The lowest BCUT2D eigenvalue weighted by molar-refractivity contribution is -0.118. The molecular formula is C27H30N6O4. The second-order valence-corrected chi connectivity index (χ2v) is 9.77. The van der Waals surface area contributed by atoms with Gasteiger partial charge < -0.3 is 26.4 Å². The first kappa shape index (κ1) is 27.2. The van der Waals surface area contributed by atoms with Crippen LogP contribution in [0.4, 0.5) is 27.5 Å². The highest BCUT2D eigenvalue weighted by molar-refractivity contribution is 5.98. The van der Waals surface area contributed by atoms with Crippen molar-refractivity contribution in [1.82, 2.24) is 5.32 Å². The summed E-state index contributed by atoms with van der Waals surface area (Å²) in [6, 6.07) is 9.30. The number of carbonyl (C=O) groups excluding carboxylic acids is 3. The molecule has 0 fully saturated rings. The van der Waals surface area contributed by atoms with Crippen LogP contribution in [0, 0.1) is 13.1 Å². The van der Waals surface area contributed by atoms with Gasteiger partial charge in [-0.2, -0.15) is 0 Å². The first-order valence-electron chi connectivity index (χ1n) is 11.9. The molecule has 192 valence electrons. The van der Waals surface area contributed by atoms with Gasteiger partial charge in [-0.1, -0.05) is 24.3 Å². The summed E-state index contributed by atoms with van der Waals surface area (Å²) in [6.45, 7) is 19.2. The average molecular weight is 503 g/mol. The minimum Gasteiger partial charge on any atom is -0.444 e. The fourth-order valence-corrected chi connectivity index (χ4v) is 3.86. The Kier molecular flexibility index (Phi) is 8.49. The first-order chi connectivity index (χ1) is 17.5. The number of hydrogen-bond acceptors (Lipinski definition) is 5. The minimum atomic E-state index is -0.654. The summed E-state index contributed by atoms with van der Waals surface area (Å²) >= 11 is 0. The molecule has 2 aromatic carbocycles. The largest absolute Gasteiger partial charge is 0.444 e. The van der Waals surface area contributed by atoms with E-state index in [1.54, 1.807) is 57.2 Å². The Morgan fingerprint density at radius 2 is 1.46 bits per heavy atom. The summed E-state index contributed by atoms with van der Waals surface area (Å²) in [5, 5.41) is 8.13. The molecule has 2 heterocycles. The minimum absolute atomic E-state index is 0.149. The van der Waals surface area contributed by atoms with Crippen LogP contribution in [0.1, 0.15) is 44.7 Å². The highest BCUT2D eigenvalue weighted by atomic mass is 16.6. The maximum absolute atomic E-state index is 12.2. The third kappa shape index (κ3) is 7.53. The van der Waals surface area contributed by atoms with Gasteiger partial charge in [0.2, 0.25) is 11.8 Å². The fourth-order valence-electron chi connectivity index (χ4n) is 3.86.